The largest absolute Gasteiger partial charge is 0.324 e. The third-order valence-electron chi connectivity index (χ3n) is 4.00. The monoisotopic (exact) mass is 340 g/mol. The minimum absolute atomic E-state index is 0.0500. The molecule has 0 aliphatic rings. The number of aryl methyl sites for hydroxylation is 2. The Morgan fingerprint density at radius 1 is 1.08 bits per heavy atom. The molecule has 2 aromatic carbocycles. The number of carbonyl (C=O) groups excluding carboxylic acids is 1. The summed E-state index contributed by atoms with van der Waals surface area (Å²) in [5.74, 6) is -0.267. The Bertz CT molecular complexity index is 992. The van der Waals surface area contributed by atoms with Gasteiger partial charge in [0.25, 0.3) is 5.56 Å². The molecular formula is C19H17ClN2O2. The van der Waals surface area contributed by atoms with Crippen LogP contribution in [0, 0.1) is 13.8 Å². The number of hydrogen-bond donors (Lipinski definition) is 1. The van der Waals surface area contributed by atoms with Gasteiger partial charge >= 0.3 is 0 Å². The number of nitrogens with zero attached hydrogens (tertiary/aromatic N) is 1. The fraction of sp³-hybridized carbons (Fsp3) is 0.158. The maximum absolute atomic E-state index is 12.4. The number of fused-ring (bicyclic) bond motifs is 1. The molecule has 0 fully saturated rings. The molecule has 0 radical (unpaired) electrons. The molecule has 1 heterocycles. The molecule has 24 heavy (non-hydrogen) atoms. The number of halogens is 1. The predicted octanol–water partition coefficient (Wildman–Crippen LogP) is 3.91. The van der Waals surface area contributed by atoms with Crippen molar-refractivity contribution in [1.82, 2.24) is 4.57 Å². The van der Waals surface area contributed by atoms with Crippen LogP contribution in [-0.4, -0.2) is 10.5 Å². The molecule has 0 saturated carbocycles. The van der Waals surface area contributed by atoms with E-state index >= 15 is 0 Å². The lowest BCUT2D eigenvalue weighted by Gasteiger charge is -2.13. The van der Waals surface area contributed by atoms with Crippen LogP contribution in [0.4, 0.5) is 5.69 Å². The highest BCUT2D eigenvalue weighted by Crippen LogP contribution is 2.20. The Hall–Kier alpha value is -2.59. The van der Waals surface area contributed by atoms with Gasteiger partial charge in [0.2, 0.25) is 5.91 Å². The second-order valence-corrected chi connectivity index (χ2v) is 6.21. The van der Waals surface area contributed by atoms with Gasteiger partial charge in [0.15, 0.2) is 0 Å². The van der Waals surface area contributed by atoms with Crippen LogP contribution in [0.25, 0.3) is 10.9 Å². The van der Waals surface area contributed by atoms with Gasteiger partial charge in [0.05, 0.1) is 5.52 Å². The molecule has 0 spiro atoms. The summed E-state index contributed by atoms with van der Waals surface area (Å²) in [6.07, 6.45) is 0. The number of benzene rings is 2. The average Bonchev–Trinajstić information content (AvgIpc) is 2.55. The maximum atomic E-state index is 12.4. The number of pyridine rings is 1. The highest BCUT2D eigenvalue weighted by atomic mass is 35.5. The minimum Gasteiger partial charge on any atom is -0.324 e. The number of anilines is 1. The molecular weight excluding hydrogens is 324 g/mol. The van der Waals surface area contributed by atoms with Gasteiger partial charge in [-0.2, -0.15) is 0 Å². The summed E-state index contributed by atoms with van der Waals surface area (Å²) in [4.78, 5) is 24.7. The summed E-state index contributed by atoms with van der Waals surface area (Å²) in [6.45, 7) is 3.73. The molecule has 1 N–H and O–H groups in total. The van der Waals surface area contributed by atoms with E-state index in [0.717, 1.165) is 22.0 Å². The van der Waals surface area contributed by atoms with Gasteiger partial charge < -0.3 is 5.32 Å². The zero-order valence-electron chi connectivity index (χ0n) is 13.5. The predicted molar refractivity (Wildman–Crippen MR) is 97.8 cm³/mol. The van der Waals surface area contributed by atoms with E-state index in [9.17, 15) is 9.59 Å². The molecule has 0 unspecified atom stereocenters. The lowest BCUT2D eigenvalue weighted by molar-refractivity contribution is -0.116. The second-order valence-electron chi connectivity index (χ2n) is 5.78. The second kappa shape index (κ2) is 6.49. The van der Waals surface area contributed by atoms with Crippen molar-refractivity contribution >= 4 is 34.1 Å². The minimum atomic E-state index is -0.267. The Labute approximate surface area is 144 Å². The summed E-state index contributed by atoms with van der Waals surface area (Å²) in [6, 6.07) is 14.4. The van der Waals surface area contributed by atoms with E-state index in [2.05, 4.69) is 5.32 Å². The quantitative estimate of drug-likeness (QED) is 0.786. The van der Waals surface area contributed by atoms with Gasteiger partial charge in [-0.15, -0.1) is 0 Å². The fourth-order valence-electron chi connectivity index (χ4n) is 2.73. The zero-order chi connectivity index (χ0) is 17.3. The first-order chi connectivity index (χ1) is 11.5. The number of nitrogens with one attached hydrogen (secondary N) is 1. The Kier molecular flexibility index (Phi) is 4.40. The van der Waals surface area contributed by atoms with Crippen molar-refractivity contribution in [3.63, 3.8) is 0 Å². The Morgan fingerprint density at radius 2 is 1.83 bits per heavy atom. The van der Waals surface area contributed by atoms with Gasteiger partial charge in [0.1, 0.15) is 6.54 Å². The Morgan fingerprint density at radius 3 is 2.62 bits per heavy atom. The number of aromatic nitrogens is 1. The van der Waals surface area contributed by atoms with Crippen molar-refractivity contribution < 1.29 is 4.79 Å². The van der Waals surface area contributed by atoms with Crippen molar-refractivity contribution in [3.05, 3.63) is 75.0 Å². The van der Waals surface area contributed by atoms with Crippen molar-refractivity contribution in [2.45, 2.75) is 20.4 Å². The first-order valence-electron chi connectivity index (χ1n) is 7.61. The lowest BCUT2D eigenvalue weighted by atomic mass is 10.1. The zero-order valence-corrected chi connectivity index (χ0v) is 14.2. The van der Waals surface area contributed by atoms with E-state index < -0.39 is 0 Å². The van der Waals surface area contributed by atoms with E-state index in [4.69, 9.17) is 11.6 Å². The molecule has 0 atom stereocenters. The van der Waals surface area contributed by atoms with Gasteiger partial charge in [-0.3, -0.25) is 14.2 Å². The maximum Gasteiger partial charge on any atom is 0.251 e. The molecule has 3 aromatic rings. The SMILES string of the molecule is Cc1ccc(Cl)cc1NC(=O)Cn1c(=O)cc(C)c2ccccc21. The molecule has 0 aliphatic carbocycles. The molecule has 0 aliphatic heterocycles. The molecule has 0 saturated heterocycles. The topological polar surface area (TPSA) is 51.1 Å². The van der Waals surface area contributed by atoms with Crippen LogP contribution in [0.2, 0.25) is 5.02 Å². The smallest absolute Gasteiger partial charge is 0.251 e. The van der Waals surface area contributed by atoms with Gasteiger partial charge in [-0.05, 0) is 43.2 Å². The summed E-state index contributed by atoms with van der Waals surface area (Å²) < 4.78 is 1.48. The van der Waals surface area contributed by atoms with Crippen molar-refractivity contribution in [3.8, 4) is 0 Å². The van der Waals surface area contributed by atoms with E-state index in [1.165, 1.54) is 4.57 Å². The first-order valence-corrected chi connectivity index (χ1v) is 7.98. The molecule has 1 amide bonds. The number of rotatable bonds is 3. The van der Waals surface area contributed by atoms with E-state index in [-0.39, 0.29) is 18.0 Å². The summed E-state index contributed by atoms with van der Waals surface area (Å²) >= 11 is 5.97. The molecule has 0 bridgehead atoms. The van der Waals surface area contributed by atoms with Crippen molar-refractivity contribution in [2.75, 3.05) is 5.32 Å². The van der Waals surface area contributed by atoms with Gasteiger partial charge in [-0.1, -0.05) is 35.9 Å². The summed E-state index contributed by atoms with van der Waals surface area (Å²) in [7, 11) is 0. The highest BCUT2D eigenvalue weighted by Gasteiger charge is 2.11. The van der Waals surface area contributed by atoms with E-state index in [0.29, 0.717) is 10.7 Å². The van der Waals surface area contributed by atoms with E-state index in [1.807, 2.05) is 44.2 Å². The average molecular weight is 341 g/mol. The van der Waals surface area contributed by atoms with E-state index in [1.54, 1.807) is 18.2 Å². The summed E-state index contributed by atoms with van der Waals surface area (Å²) in [5.41, 5.74) is 3.02. The number of hydrogen-bond acceptors (Lipinski definition) is 2. The first kappa shape index (κ1) is 16.3. The standard InChI is InChI=1S/C19H17ClN2O2/c1-12-7-8-14(20)10-16(12)21-18(23)11-22-17-6-4-3-5-15(17)13(2)9-19(22)24/h3-10H,11H2,1-2H3,(H,21,23). The van der Waals surface area contributed by atoms with Gasteiger partial charge in [0, 0.05) is 22.2 Å². The molecule has 4 nitrogen and oxygen atoms in total. The van der Waals surface area contributed by atoms with Crippen LogP contribution in [0.5, 0.6) is 0 Å². The molecule has 1 aromatic heterocycles. The van der Waals surface area contributed by atoms with Crippen LogP contribution in [-0.2, 0) is 11.3 Å². The van der Waals surface area contributed by atoms with Crippen LogP contribution in [0.3, 0.4) is 0 Å². The van der Waals surface area contributed by atoms with Crippen LogP contribution in [0.1, 0.15) is 11.1 Å². The summed E-state index contributed by atoms with van der Waals surface area (Å²) in [5, 5.41) is 4.33. The number of amides is 1. The van der Waals surface area contributed by atoms with Crippen LogP contribution < -0.4 is 10.9 Å². The van der Waals surface area contributed by atoms with Gasteiger partial charge in [-0.25, -0.2) is 0 Å². The number of para-hydroxylation sites is 1. The molecule has 122 valence electrons. The third-order valence-corrected chi connectivity index (χ3v) is 4.24. The van der Waals surface area contributed by atoms with Crippen LogP contribution in [0.15, 0.2) is 53.3 Å². The van der Waals surface area contributed by atoms with Crippen molar-refractivity contribution in [2.24, 2.45) is 0 Å². The molecule has 3 rings (SSSR count). The lowest BCUT2D eigenvalue weighted by Crippen LogP contribution is -2.28. The van der Waals surface area contributed by atoms with Crippen LogP contribution >= 0.6 is 11.6 Å². The highest BCUT2D eigenvalue weighted by molar-refractivity contribution is 6.31. The molecule has 5 heteroatoms. The number of carbonyl (C=O) groups is 1. The third kappa shape index (κ3) is 3.19. The fourth-order valence-corrected chi connectivity index (χ4v) is 2.90. The van der Waals surface area contributed by atoms with Crippen molar-refractivity contribution in [1.29, 1.82) is 0 Å². The normalized spacial score (nSPS) is 10.8. The Balaban J connectivity index is 1.94.